The van der Waals surface area contributed by atoms with E-state index in [4.69, 9.17) is 5.11 Å². The van der Waals surface area contributed by atoms with Crippen LogP contribution < -0.4 is 5.32 Å². The molecule has 1 aliphatic rings. The molecule has 114 valence electrons. The second-order valence-corrected chi connectivity index (χ2v) is 6.07. The number of hydrogen-bond donors (Lipinski definition) is 2. The molecule has 5 heteroatoms. The third-order valence-corrected chi connectivity index (χ3v) is 4.02. The predicted octanol–water partition coefficient (Wildman–Crippen LogP) is 1.09. The van der Waals surface area contributed by atoms with Gasteiger partial charge in [-0.05, 0) is 45.7 Å². The number of aliphatic hydroxyl groups excluding tert-OH is 1. The van der Waals surface area contributed by atoms with Gasteiger partial charge in [0, 0.05) is 30.9 Å². The van der Waals surface area contributed by atoms with Crippen molar-refractivity contribution in [2.45, 2.75) is 45.8 Å². The predicted molar refractivity (Wildman–Crippen MR) is 80.5 cm³/mol. The molecule has 0 radical (unpaired) electrons. The van der Waals surface area contributed by atoms with Gasteiger partial charge in [-0.3, -0.25) is 9.58 Å². The quantitative estimate of drug-likeness (QED) is 0.785. The Kier molecular flexibility index (Phi) is 6.01. The van der Waals surface area contributed by atoms with Crippen LogP contribution in [0.4, 0.5) is 0 Å². The molecule has 1 saturated heterocycles. The molecule has 2 N–H and O–H groups in total. The van der Waals surface area contributed by atoms with Crippen molar-refractivity contribution in [1.82, 2.24) is 20.0 Å². The van der Waals surface area contributed by atoms with Crippen LogP contribution in [0.15, 0.2) is 12.4 Å². The summed E-state index contributed by atoms with van der Waals surface area (Å²) in [7, 11) is 0. The fourth-order valence-corrected chi connectivity index (χ4v) is 2.82. The molecule has 0 bridgehead atoms. The highest BCUT2D eigenvalue weighted by molar-refractivity contribution is 5.04. The molecule has 2 rings (SSSR count). The Hall–Kier alpha value is -0.910. The monoisotopic (exact) mass is 280 g/mol. The van der Waals surface area contributed by atoms with Gasteiger partial charge in [0.05, 0.1) is 19.3 Å². The molecule has 1 aromatic heterocycles. The van der Waals surface area contributed by atoms with E-state index in [9.17, 15) is 0 Å². The van der Waals surface area contributed by atoms with Crippen LogP contribution >= 0.6 is 0 Å². The third-order valence-electron chi connectivity index (χ3n) is 4.02. The number of piperidine rings is 1. The molecule has 1 fully saturated rings. The molecule has 1 atom stereocenters. The van der Waals surface area contributed by atoms with Crippen molar-refractivity contribution in [3.63, 3.8) is 0 Å². The average Bonchev–Trinajstić information content (AvgIpc) is 2.87. The number of aliphatic hydroxyl groups is 1. The van der Waals surface area contributed by atoms with E-state index < -0.39 is 0 Å². The largest absolute Gasteiger partial charge is 0.394 e. The zero-order chi connectivity index (χ0) is 14.4. The molecule has 0 aromatic carbocycles. The molecule has 0 saturated carbocycles. The summed E-state index contributed by atoms with van der Waals surface area (Å²) in [4.78, 5) is 2.53. The summed E-state index contributed by atoms with van der Waals surface area (Å²) in [5.41, 5.74) is 1.23. The van der Waals surface area contributed by atoms with Gasteiger partial charge in [0.2, 0.25) is 0 Å². The summed E-state index contributed by atoms with van der Waals surface area (Å²) < 4.78 is 1.82. The lowest BCUT2D eigenvalue weighted by atomic mass is 9.98. The Bertz CT molecular complexity index is 385. The molecule has 5 nitrogen and oxygen atoms in total. The molecule has 1 aliphatic heterocycles. The van der Waals surface area contributed by atoms with Crippen molar-refractivity contribution in [2.75, 3.05) is 26.2 Å². The zero-order valence-corrected chi connectivity index (χ0v) is 12.8. The molecule has 20 heavy (non-hydrogen) atoms. The zero-order valence-electron chi connectivity index (χ0n) is 12.8. The van der Waals surface area contributed by atoms with Crippen molar-refractivity contribution in [3.8, 4) is 0 Å². The van der Waals surface area contributed by atoms with E-state index in [2.05, 4.69) is 29.2 Å². The van der Waals surface area contributed by atoms with Crippen LogP contribution in [0.2, 0.25) is 0 Å². The Labute approximate surface area is 122 Å². The topological polar surface area (TPSA) is 53.3 Å². The first kappa shape index (κ1) is 15.5. The highest BCUT2D eigenvalue weighted by atomic mass is 16.3. The molecule has 2 heterocycles. The lowest BCUT2D eigenvalue weighted by Gasteiger charge is -2.32. The first-order valence-corrected chi connectivity index (χ1v) is 7.76. The van der Waals surface area contributed by atoms with Gasteiger partial charge in [0.1, 0.15) is 0 Å². The second kappa shape index (κ2) is 7.76. The standard InChI is InChI=1S/C15H28N4O/c1-13(2)18(10-14-4-3-5-16-8-14)11-15-9-17-19(12-15)6-7-20/h9,12-14,16,20H,3-8,10-11H2,1-2H3. The first-order valence-electron chi connectivity index (χ1n) is 7.76. The Morgan fingerprint density at radius 2 is 2.40 bits per heavy atom. The van der Waals surface area contributed by atoms with Crippen LogP contribution in [-0.2, 0) is 13.1 Å². The fourth-order valence-electron chi connectivity index (χ4n) is 2.82. The molecule has 0 spiro atoms. The van der Waals surface area contributed by atoms with E-state index in [0.717, 1.165) is 25.6 Å². The van der Waals surface area contributed by atoms with E-state index in [0.29, 0.717) is 12.6 Å². The van der Waals surface area contributed by atoms with Crippen LogP contribution in [0, 0.1) is 5.92 Å². The van der Waals surface area contributed by atoms with E-state index in [1.165, 1.54) is 24.9 Å². The van der Waals surface area contributed by atoms with Crippen LogP contribution in [0.3, 0.4) is 0 Å². The fraction of sp³-hybridized carbons (Fsp3) is 0.800. The number of aromatic nitrogens is 2. The number of rotatable bonds is 7. The van der Waals surface area contributed by atoms with Gasteiger partial charge in [0.25, 0.3) is 0 Å². The van der Waals surface area contributed by atoms with Gasteiger partial charge in [0.15, 0.2) is 0 Å². The summed E-state index contributed by atoms with van der Waals surface area (Å²) in [6.45, 7) is 9.65. The Balaban J connectivity index is 1.90. The van der Waals surface area contributed by atoms with Crippen LogP contribution in [0.1, 0.15) is 32.3 Å². The Morgan fingerprint density at radius 1 is 1.55 bits per heavy atom. The maximum Gasteiger partial charge on any atom is 0.0640 e. The van der Waals surface area contributed by atoms with Crippen molar-refractivity contribution in [1.29, 1.82) is 0 Å². The summed E-state index contributed by atoms with van der Waals surface area (Å²) >= 11 is 0. The highest BCUT2D eigenvalue weighted by Crippen LogP contribution is 2.16. The van der Waals surface area contributed by atoms with Crippen molar-refractivity contribution < 1.29 is 5.11 Å². The summed E-state index contributed by atoms with van der Waals surface area (Å²) in [5.74, 6) is 0.763. The van der Waals surface area contributed by atoms with E-state index in [1.807, 2.05) is 17.1 Å². The van der Waals surface area contributed by atoms with Crippen LogP contribution in [0.5, 0.6) is 0 Å². The summed E-state index contributed by atoms with van der Waals surface area (Å²) in [6.07, 6.45) is 6.60. The first-order chi connectivity index (χ1) is 9.69. The second-order valence-electron chi connectivity index (χ2n) is 6.07. The molecule has 1 unspecified atom stereocenters. The van der Waals surface area contributed by atoms with E-state index in [1.54, 1.807) is 0 Å². The maximum absolute atomic E-state index is 8.94. The summed E-state index contributed by atoms with van der Waals surface area (Å²) in [5, 5.41) is 16.7. The number of hydrogen-bond acceptors (Lipinski definition) is 4. The van der Waals surface area contributed by atoms with Crippen LogP contribution in [0.25, 0.3) is 0 Å². The van der Waals surface area contributed by atoms with Gasteiger partial charge in [-0.2, -0.15) is 5.10 Å². The highest BCUT2D eigenvalue weighted by Gasteiger charge is 2.19. The number of nitrogens with one attached hydrogen (secondary N) is 1. The third kappa shape index (κ3) is 4.58. The van der Waals surface area contributed by atoms with Crippen molar-refractivity contribution >= 4 is 0 Å². The van der Waals surface area contributed by atoms with Crippen LogP contribution in [-0.4, -0.2) is 52.1 Å². The van der Waals surface area contributed by atoms with Gasteiger partial charge < -0.3 is 10.4 Å². The Morgan fingerprint density at radius 3 is 3.05 bits per heavy atom. The SMILES string of the molecule is CC(C)N(Cc1cnn(CCO)c1)CC1CCCNC1. The maximum atomic E-state index is 8.94. The molecule has 0 aliphatic carbocycles. The average molecular weight is 280 g/mol. The summed E-state index contributed by atoms with van der Waals surface area (Å²) in [6, 6.07) is 0.540. The van der Waals surface area contributed by atoms with E-state index in [-0.39, 0.29) is 6.61 Å². The van der Waals surface area contributed by atoms with Gasteiger partial charge >= 0.3 is 0 Å². The van der Waals surface area contributed by atoms with E-state index >= 15 is 0 Å². The lowest BCUT2D eigenvalue weighted by Crippen LogP contribution is -2.40. The minimum atomic E-state index is 0.142. The van der Waals surface area contributed by atoms with Gasteiger partial charge in [-0.25, -0.2) is 0 Å². The van der Waals surface area contributed by atoms with Crippen molar-refractivity contribution in [2.24, 2.45) is 5.92 Å². The number of nitrogens with zero attached hydrogens (tertiary/aromatic N) is 3. The normalized spacial score (nSPS) is 19.9. The van der Waals surface area contributed by atoms with Gasteiger partial charge in [-0.1, -0.05) is 0 Å². The van der Waals surface area contributed by atoms with Gasteiger partial charge in [-0.15, -0.1) is 0 Å². The smallest absolute Gasteiger partial charge is 0.0640 e. The molecular weight excluding hydrogens is 252 g/mol. The minimum Gasteiger partial charge on any atom is -0.394 e. The van der Waals surface area contributed by atoms with Crippen molar-refractivity contribution in [3.05, 3.63) is 18.0 Å². The lowest BCUT2D eigenvalue weighted by molar-refractivity contribution is 0.164. The minimum absolute atomic E-state index is 0.142. The molecular formula is C15H28N4O. The molecule has 0 amide bonds. The molecule has 1 aromatic rings.